The number of halogens is 1. The first kappa shape index (κ1) is 21.8. The lowest BCUT2D eigenvalue weighted by Gasteiger charge is -2.36. The highest BCUT2D eigenvalue weighted by molar-refractivity contribution is 5.79. The molecule has 0 unspecified atom stereocenters. The number of carbonyl (C=O) groups is 1. The van der Waals surface area contributed by atoms with E-state index >= 15 is 0 Å². The summed E-state index contributed by atoms with van der Waals surface area (Å²) < 4.78 is 22.3. The summed E-state index contributed by atoms with van der Waals surface area (Å²) in [5, 5.41) is 4.35. The zero-order chi connectivity index (χ0) is 22.8. The van der Waals surface area contributed by atoms with Crippen LogP contribution in [-0.2, 0) is 18.4 Å². The van der Waals surface area contributed by atoms with Gasteiger partial charge in [0.1, 0.15) is 5.52 Å². The third-order valence-corrected chi connectivity index (χ3v) is 5.64. The molecular weight excluding hydrogens is 415 g/mol. The van der Waals surface area contributed by atoms with Gasteiger partial charge in [-0.2, -0.15) is 5.10 Å². The lowest BCUT2D eigenvalue weighted by molar-refractivity contribution is -0.133. The highest BCUT2D eigenvalue weighted by atomic mass is 19.1. The van der Waals surface area contributed by atoms with Crippen LogP contribution in [0.15, 0.2) is 29.1 Å². The van der Waals surface area contributed by atoms with Crippen LogP contribution in [-0.4, -0.2) is 62.9 Å². The van der Waals surface area contributed by atoms with Crippen molar-refractivity contribution < 1.29 is 13.9 Å². The second kappa shape index (κ2) is 8.97. The average molecular weight is 442 g/mol. The maximum absolute atomic E-state index is 13.7. The lowest BCUT2D eigenvalue weighted by Crippen LogP contribution is -2.51. The zero-order valence-electron chi connectivity index (χ0n) is 18.5. The fourth-order valence-corrected chi connectivity index (χ4v) is 4.01. The Morgan fingerprint density at radius 3 is 2.59 bits per heavy atom. The number of carbonyl (C=O) groups excluding carboxylic acids is 1. The molecule has 1 amide bonds. The van der Waals surface area contributed by atoms with Crippen molar-refractivity contribution in [1.82, 2.24) is 24.2 Å². The summed E-state index contributed by atoms with van der Waals surface area (Å²) in [7, 11) is 1.75. The Balaban J connectivity index is 1.48. The average Bonchev–Trinajstić information content (AvgIpc) is 3.08. The number of hydrogen-bond acceptors (Lipinski definition) is 6. The fourth-order valence-electron chi connectivity index (χ4n) is 4.01. The van der Waals surface area contributed by atoms with E-state index in [0.717, 1.165) is 6.42 Å². The molecule has 170 valence electrons. The molecule has 10 heteroatoms. The molecule has 3 heterocycles. The number of nitrogens with zero attached hydrogens (tertiary/aromatic N) is 6. The van der Waals surface area contributed by atoms with Crippen LogP contribution < -0.4 is 15.2 Å². The van der Waals surface area contributed by atoms with Crippen molar-refractivity contribution >= 4 is 22.9 Å². The Kier molecular flexibility index (Phi) is 6.11. The molecule has 1 aliphatic rings. The van der Waals surface area contributed by atoms with Gasteiger partial charge in [-0.1, -0.05) is 19.1 Å². The van der Waals surface area contributed by atoms with Crippen molar-refractivity contribution in [3.63, 3.8) is 0 Å². The molecule has 0 radical (unpaired) electrons. The first-order valence-electron chi connectivity index (χ1n) is 10.7. The molecule has 1 aliphatic heterocycles. The van der Waals surface area contributed by atoms with E-state index in [1.807, 2.05) is 18.7 Å². The summed E-state index contributed by atoms with van der Waals surface area (Å²) in [6.07, 6.45) is 0.794. The van der Waals surface area contributed by atoms with Gasteiger partial charge in [0.05, 0.1) is 5.69 Å². The van der Waals surface area contributed by atoms with Crippen LogP contribution in [0.1, 0.15) is 19.0 Å². The highest BCUT2D eigenvalue weighted by Crippen LogP contribution is 2.20. The van der Waals surface area contributed by atoms with Gasteiger partial charge in [-0.05, 0) is 25.5 Å². The highest BCUT2D eigenvalue weighted by Gasteiger charge is 2.26. The Bertz CT molecular complexity index is 1200. The molecule has 9 nitrogen and oxygen atoms in total. The zero-order valence-corrected chi connectivity index (χ0v) is 18.5. The molecule has 1 aromatic carbocycles. The number of aromatic nitrogens is 4. The van der Waals surface area contributed by atoms with E-state index in [1.165, 1.54) is 12.1 Å². The number of benzene rings is 1. The maximum atomic E-state index is 13.7. The maximum Gasteiger partial charge on any atom is 0.281 e. The smallest absolute Gasteiger partial charge is 0.281 e. The summed E-state index contributed by atoms with van der Waals surface area (Å²) in [4.78, 5) is 34.2. The van der Waals surface area contributed by atoms with Gasteiger partial charge in [0.15, 0.2) is 23.7 Å². The second-order valence-corrected chi connectivity index (χ2v) is 7.86. The number of anilines is 1. The summed E-state index contributed by atoms with van der Waals surface area (Å²) in [5.74, 6) is -0.0286. The molecular formula is C22H27FN6O3. The van der Waals surface area contributed by atoms with Gasteiger partial charge < -0.3 is 14.5 Å². The van der Waals surface area contributed by atoms with Gasteiger partial charge in [-0.3, -0.25) is 18.8 Å². The van der Waals surface area contributed by atoms with Crippen LogP contribution >= 0.6 is 0 Å². The third-order valence-electron chi connectivity index (χ3n) is 5.64. The standard InChI is InChI=1S/C22H27FN6O3/c1-4-9-29-21(31)20-19(15(2)25-26(20)3)24-22(29)28-12-10-27(11-13-28)18(30)14-32-17-8-6-5-7-16(17)23/h5-8H,4,9-14H2,1-3H3. The van der Waals surface area contributed by atoms with Crippen LogP contribution in [0.25, 0.3) is 11.0 Å². The van der Waals surface area contributed by atoms with Crippen LogP contribution in [0.3, 0.4) is 0 Å². The minimum Gasteiger partial charge on any atom is -0.481 e. The number of hydrogen-bond donors (Lipinski definition) is 0. The van der Waals surface area contributed by atoms with E-state index < -0.39 is 5.82 Å². The van der Waals surface area contributed by atoms with Crippen LogP contribution in [0.4, 0.5) is 10.3 Å². The number of amides is 1. The molecule has 0 atom stereocenters. The molecule has 3 aromatic rings. The molecule has 32 heavy (non-hydrogen) atoms. The van der Waals surface area contributed by atoms with Crippen LogP contribution in [0.5, 0.6) is 5.75 Å². The Labute approximate surface area is 185 Å². The molecule has 0 spiro atoms. The minimum atomic E-state index is -0.494. The largest absolute Gasteiger partial charge is 0.481 e. The first-order chi connectivity index (χ1) is 15.4. The van der Waals surface area contributed by atoms with Crippen molar-refractivity contribution in [2.24, 2.45) is 7.05 Å². The third kappa shape index (κ3) is 4.04. The van der Waals surface area contributed by atoms with Crippen LogP contribution in [0, 0.1) is 12.7 Å². The molecule has 4 rings (SSSR count). The number of aryl methyl sites for hydroxylation is 2. The number of para-hydroxylation sites is 1. The predicted molar refractivity (Wildman–Crippen MR) is 118 cm³/mol. The fraction of sp³-hybridized carbons (Fsp3) is 0.455. The summed E-state index contributed by atoms with van der Waals surface area (Å²) in [6, 6.07) is 6.02. The molecule has 1 fully saturated rings. The number of ether oxygens (including phenoxy) is 1. The second-order valence-electron chi connectivity index (χ2n) is 7.86. The van der Waals surface area contributed by atoms with Gasteiger partial charge in [0.2, 0.25) is 5.95 Å². The normalized spacial score (nSPS) is 14.2. The van der Waals surface area contributed by atoms with E-state index in [1.54, 1.807) is 33.3 Å². The van der Waals surface area contributed by atoms with E-state index in [-0.39, 0.29) is 23.8 Å². The minimum absolute atomic E-state index is 0.0624. The Hall–Kier alpha value is -3.43. The predicted octanol–water partition coefficient (Wildman–Crippen LogP) is 1.72. The topological polar surface area (TPSA) is 85.5 Å². The summed E-state index contributed by atoms with van der Waals surface area (Å²) in [5.41, 5.74) is 1.71. The molecule has 1 saturated heterocycles. The van der Waals surface area contributed by atoms with E-state index in [4.69, 9.17) is 9.72 Å². The van der Waals surface area contributed by atoms with Crippen LogP contribution in [0.2, 0.25) is 0 Å². The van der Waals surface area contributed by atoms with E-state index in [9.17, 15) is 14.0 Å². The van der Waals surface area contributed by atoms with Gasteiger partial charge in [-0.15, -0.1) is 0 Å². The van der Waals surface area contributed by atoms with Crippen molar-refractivity contribution in [2.75, 3.05) is 37.7 Å². The lowest BCUT2D eigenvalue weighted by atomic mass is 10.3. The Morgan fingerprint density at radius 1 is 1.19 bits per heavy atom. The summed E-state index contributed by atoms with van der Waals surface area (Å²) in [6.45, 7) is 6.18. The first-order valence-corrected chi connectivity index (χ1v) is 10.7. The molecule has 0 saturated carbocycles. The van der Waals surface area contributed by atoms with E-state index in [0.29, 0.717) is 55.4 Å². The molecule has 0 bridgehead atoms. The quantitative estimate of drug-likeness (QED) is 0.578. The summed E-state index contributed by atoms with van der Waals surface area (Å²) >= 11 is 0. The van der Waals surface area contributed by atoms with E-state index in [2.05, 4.69) is 5.10 Å². The molecule has 0 N–H and O–H groups in total. The molecule has 0 aliphatic carbocycles. The van der Waals surface area contributed by atoms with Gasteiger partial charge >= 0.3 is 0 Å². The number of piperazine rings is 1. The number of rotatable bonds is 6. The Morgan fingerprint density at radius 2 is 1.91 bits per heavy atom. The van der Waals surface area contributed by atoms with Gasteiger partial charge in [-0.25, -0.2) is 9.37 Å². The molecule has 2 aromatic heterocycles. The van der Waals surface area contributed by atoms with Crippen molar-refractivity contribution in [1.29, 1.82) is 0 Å². The SMILES string of the molecule is CCCn1c(N2CCN(C(=O)COc3ccccc3F)CC2)nc2c(C)nn(C)c2c1=O. The monoisotopic (exact) mass is 442 g/mol. The van der Waals surface area contributed by atoms with Gasteiger partial charge in [0, 0.05) is 39.8 Å². The van der Waals surface area contributed by atoms with Crippen molar-refractivity contribution in [3.05, 3.63) is 46.1 Å². The van der Waals surface area contributed by atoms with Gasteiger partial charge in [0.25, 0.3) is 11.5 Å². The van der Waals surface area contributed by atoms with Crippen molar-refractivity contribution in [2.45, 2.75) is 26.8 Å². The number of fused-ring (bicyclic) bond motifs is 1. The van der Waals surface area contributed by atoms with Crippen molar-refractivity contribution in [3.8, 4) is 5.75 Å².